The molecule has 1 aliphatic carbocycles. The zero-order chi connectivity index (χ0) is 14.3. The Morgan fingerprint density at radius 2 is 2.15 bits per heavy atom. The van der Waals surface area contributed by atoms with Crippen molar-refractivity contribution in [3.63, 3.8) is 0 Å². The molecule has 2 aromatic rings. The van der Waals surface area contributed by atoms with Crippen LogP contribution in [0.4, 0.5) is 0 Å². The predicted octanol–water partition coefficient (Wildman–Crippen LogP) is 3.80. The summed E-state index contributed by atoms with van der Waals surface area (Å²) in [5.74, 6) is 0. The summed E-state index contributed by atoms with van der Waals surface area (Å²) < 4.78 is 3.87. The first-order valence-electron chi connectivity index (χ1n) is 6.75. The van der Waals surface area contributed by atoms with Gasteiger partial charge >= 0.3 is 0 Å². The third-order valence-corrected chi connectivity index (χ3v) is 5.07. The van der Waals surface area contributed by atoms with Gasteiger partial charge in [-0.25, -0.2) is 0 Å². The second kappa shape index (κ2) is 5.28. The summed E-state index contributed by atoms with van der Waals surface area (Å²) in [6, 6.07) is 6.29. The van der Waals surface area contributed by atoms with Gasteiger partial charge in [0.1, 0.15) is 5.60 Å². The molecule has 1 aromatic heterocycles. The highest BCUT2D eigenvalue weighted by atomic mass is 79.9. The average Bonchev–Trinajstić information content (AvgIpc) is 2.81. The molecular weight excluding hydrogens is 384 g/mol. The number of rotatable bonds is 2. The molecule has 106 valence electrons. The lowest BCUT2D eigenvalue weighted by atomic mass is 9.78. The van der Waals surface area contributed by atoms with Crippen molar-refractivity contribution in [3.05, 3.63) is 50.2 Å². The van der Waals surface area contributed by atoms with Crippen LogP contribution in [0.2, 0.25) is 0 Å². The van der Waals surface area contributed by atoms with Gasteiger partial charge in [0.25, 0.3) is 0 Å². The highest BCUT2D eigenvalue weighted by Crippen LogP contribution is 2.40. The highest BCUT2D eigenvalue weighted by Gasteiger charge is 2.38. The molecule has 0 spiro atoms. The molecule has 1 aliphatic rings. The molecule has 0 fully saturated rings. The van der Waals surface area contributed by atoms with Crippen LogP contribution in [0.5, 0.6) is 0 Å². The summed E-state index contributed by atoms with van der Waals surface area (Å²) in [6.45, 7) is 2.80. The molecule has 0 aliphatic heterocycles. The number of halogens is 2. The molecule has 0 radical (unpaired) electrons. The molecule has 3 rings (SSSR count). The van der Waals surface area contributed by atoms with Crippen LogP contribution >= 0.6 is 31.9 Å². The molecule has 3 nitrogen and oxygen atoms in total. The Labute approximate surface area is 135 Å². The van der Waals surface area contributed by atoms with Crippen LogP contribution in [0, 0.1) is 0 Å². The van der Waals surface area contributed by atoms with Crippen LogP contribution in [-0.2, 0) is 25.0 Å². The first-order valence-corrected chi connectivity index (χ1v) is 8.33. The largest absolute Gasteiger partial charge is 0.383 e. The quantitative estimate of drug-likeness (QED) is 0.833. The van der Waals surface area contributed by atoms with Crippen molar-refractivity contribution < 1.29 is 5.11 Å². The van der Waals surface area contributed by atoms with Gasteiger partial charge in [-0.1, -0.05) is 22.0 Å². The second-order valence-electron chi connectivity index (χ2n) is 5.28. The van der Waals surface area contributed by atoms with Crippen LogP contribution in [0.25, 0.3) is 0 Å². The Balaban J connectivity index is 2.02. The van der Waals surface area contributed by atoms with Crippen molar-refractivity contribution in [2.75, 3.05) is 0 Å². The van der Waals surface area contributed by atoms with E-state index >= 15 is 0 Å². The lowest BCUT2D eigenvalue weighted by Crippen LogP contribution is -2.35. The standard InChI is InChI=1S/C15H16Br2N2O/c1-2-19-14(13(17)9-18-19)15(20)6-5-10-7-12(16)4-3-11(10)8-15/h3-4,7,9,20H,2,5-6,8H2,1H3. The monoisotopic (exact) mass is 398 g/mol. The zero-order valence-corrected chi connectivity index (χ0v) is 14.4. The fourth-order valence-corrected chi connectivity index (χ4v) is 4.09. The smallest absolute Gasteiger partial charge is 0.112 e. The number of hydrogen-bond acceptors (Lipinski definition) is 2. The summed E-state index contributed by atoms with van der Waals surface area (Å²) >= 11 is 7.04. The maximum Gasteiger partial charge on any atom is 0.112 e. The van der Waals surface area contributed by atoms with Crippen LogP contribution in [-0.4, -0.2) is 14.9 Å². The molecule has 20 heavy (non-hydrogen) atoms. The lowest BCUT2D eigenvalue weighted by Gasteiger charge is -2.34. The summed E-state index contributed by atoms with van der Waals surface area (Å²) in [5, 5.41) is 15.5. The summed E-state index contributed by atoms with van der Waals surface area (Å²) in [7, 11) is 0. The molecular formula is C15H16Br2N2O. The van der Waals surface area contributed by atoms with E-state index in [4.69, 9.17) is 0 Å². The summed E-state index contributed by atoms with van der Waals surface area (Å²) in [4.78, 5) is 0. The van der Waals surface area contributed by atoms with Gasteiger partial charge in [0.15, 0.2) is 0 Å². The molecule has 1 aromatic carbocycles. The van der Waals surface area contributed by atoms with E-state index in [0.717, 1.165) is 34.0 Å². The lowest BCUT2D eigenvalue weighted by molar-refractivity contribution is 0.0128. The normalized spacial score (nSPS) is 21.8. The maximum atomic E-state index is 11.1. The summed E-state index contributed by atoms with van der Waals surface area (Å²) in [6.07, 6.45) is 4.02. The Morgan fingerprint density at radius 1 is 1.35 bits per heavy atom. The van der Waals surface area contributed by atoms with Gasteiger partial charge in [0.2, 0.25) is 0 Å². The van der Waals surface area contributed by atoms with Crippen LogP contribution in [0.15, 0.2) is 33.3 Å². The Hall–Kier alpha value is -0.650. The third kappa shape index (κ3) is 2.36. The fourth-order valence-electron chi connectivity index (χ4n) is 3.01. The van der Waals surface area contributed by atoms with Gasteiger partial charge in [-0.3, -0.25) is 4.68 Å². The summed E-state index contributed by atoms with van der Waals surface area (Å²) in [5.41, 5.74) is 2.60. The number of aliphatic hydroxyl groups is 1. The number of hydrogen-bond donors (Lipinski definition) is 1. The van der Waals surface area contributed by atoms with Crippen molar-refractivity contribution in [1.29, 1.82) is 0 Å². The predicted molar refractivity (Wildman–Crippen MR) is 85.7 cm³/mol. The van der Waals surface area contributed by atoms with Crippen molar-refractivity contribution >= 4 is 31.9 Å². The van der Waals surface area contributed by atoms with E-state index in [1.54, 1.807) is 6.20 Å². The van der Waals surface area contributed by atoms with Crippen molar-refractivity contribution in [1.82, 2.24) is 9.78 Å². The second-order valence-corrected chi connectivity index (χ2v) is 7.05. The molecule has 0 amide bonds. The van der Waals surface area contributed by atoms with Gasteiger partial charge in [0.05, 0.1) is 16.4 Å². The van der Waals surface area contributed by atoms with Gasteiger partial charge in [0, 0.05) is 17.4 Å². The van der Waals surface area contributed by atoms with E-state index < -0.39 is 5.60 Å². The minimum Gasteiger partial charge on any atom is -0.383 e. The molecule has 0 bridgehead atoms. The maximum absolute atomic E-state index is 11.1. The van der Waals surface area contributed by atoms with Gasteiger partial charge < -0.3 is 5.11 Å². The number of nitrogens with zero attached hydrogens (tertiary/aromatic N) is 2. The van der Waals surface area contributed by atoms with E-state index in [9.17, 15) is 5.11 Å². The van der Waals surface area contributed by atoms with E-state index in [-0.39, 0.29) is 0 Å². The minimum absolute atomic E-state index is 0.639. The van der Waals surface area contributed by atoms with Gasteiger partial charge in [-0.05, 0) is 59.0 Å². The first-order chi connectivity index (χ1) is 9.53. The van der Waals surface area contributed by atoms with Crippen LogP contribution in [0.1, 0.15) is 30.2 Å². The minimum atomic E-state index is -0.841. The van der Waals surface area contributed by atoms with E-state index in [1.807, 2.05) is 17.7 Å². The number of fused-ring (bicyclic) bond motifs is 1. The highest BCUT2D eigenvalue weighted by molar-refractivity contribution is 9.10. The van der Waals surface area contributed by atoms with Crippen molar-refractivity contribution in [3.8, 4) is 0 Å². The Morgan fingerprint density at radius 3 is 2.90 bits per heavy atom. The van der Waals surface area contributed by atoms with E-state index in [0.29, 0.717) is 6.42 Å². The molecule has 1 heterocycles. The van der Waals surface area contributed by atoms with Crippen molar-refractivity contribution in [2.24, 2.45) is 0 Å². The molecule has 0 saturated heterocycles. The van der Waals surface area contributed by atoms with Crippen molar-refractivity contribution in [2.45, 2.75) is 38.3 Å². The molecule has 0 saturated carbocycles. The Bertz CT molecular complexity index is 653. The van der Waals surface area contributed by atoms with Crippen LogP contribution < -0.4 is 0 Å². The van der Waals surface area contributed by atoms with E-state index in [1.165, 1.54) is 11.1 Å². The van der Waals surface area contributed by atoms with Gasteiger partial charge in [-0.15, -0.1) is 0 Å². The number of aromatic nitrogens is 2. The zero-order valence-electron chi connectivity index (χ0n) is 11.2. The van der Waals surface area contributed by atoms with Gasteiger partial charge in [-0.2, -0.15) is 5.10 Å². The topological polar surface area (TPSA) is 38.0 Å². The Kier molecular flexibility index (Phi) is 3.77. The molecule has 1 atom stereocenters. The first kappa shape index (κ1) is 14.3. The molecule has 5 heteroatoms. The fraction of sp³-hybridized carbons (Fsp3) is 0.400. The average molecular weight is 400 g/mol. The van der Waals surface area contributed by atoms with Crippen LogP contribution in [0.3, 0.4) is 0 Å². The molecule has 1 N–H and O–H groups in total. The number of aryl methyl sites for hydroxylation is 2. The number of benzene rings is 1. The third-order valence-electron chi connectivity index (χ3n) is 3.99. The van der Waals surface area contributed by atoms with E-state index in [2.05, 4.69) is 49.1 Å². The molecule has 1 unspecified atom stereocenters. The SMILES string of the molecule is CCn1ncc(Br)c1C1(O)CCc2cc(Br)ccc2C1.